The van der Waals surface area contributed by atoms with Gasteiger partial charge in [-0.2, -0.15) is 15.4 Å². The molecule has 0 radical (unpaired) electrons. The van der Waals surface area contributed by atoms with Gasteiger partial charge in [0, 0.05) is 4.88 Å². The first-order valence-electron chi connectivity index (χ1n) is 3.29. The van der Waals surface area contributed by atoms with E-state index in [2.05, 4.69) is 34.5 Å². The first-order valence-corrected chi connectivity index (χ1v) is 4.10. The SMILES string of the molecule is Cc1ccc(-c2cn[nH]n2)s1. The number of aromatic nitrogens is 3. The van der Waals surface area contributed by atoms with E-state index >= 15 is 0 Å². The van der Waals surface area contributed by atoms with E-state index in [0.717, 1.165) is 10.6 Å². The molecule has 2 aromatic rings. The van der Waals surface area contributed by atoms with Crippen LogP contribution in [-0.2, 0) is 0 Å². The van der Waals surface area contributed by atoms with E-state index in [-0.39, 0.29) is 0 Å². The van der Waals surface area contributed by atoms with Gasteiger partial charge in [-0.3, -0.25) is 0 Å². The summed E-state index contributed by atoms with van der Waals surface area (Å²) in [6.07, 6.45) is 1.73. The number of H-pyrrole nitrogens is 1. The van der Waals surface area contributed by atoms with Crippen LogP contribution in [-0.4, -0.2) is 15.4 Å². The summed E-state index contributed by atoms with van der Waals surface area (Å²) in [5, 5.41) is 10.3. The Balaban J connectivity index is 2.45. The minimum atomic E-state index is 0.920. The second-order valence-electron chi connectivity index (χ2n) is 2.27. The Kier molecular flexibility index (Phi) is 1.47. The van der Waals surface area contributed by atoms with Gasteiger partial charge in [0.2, 0.25) is 0 Å². The van der Waals surface area contributed by atoms with Crippen molar-refractivity contribution in [3.05, 3.63) is 23.2 Å². The molecule has 0 bridgehead atoms. The number of thiophene rings is 1. The average molecular weight is 165 g/mol. The number of aromatic amines is 1. The lowest BCUT2D eigenvalue weighted by Crippen LogP contribution is -1.69. The van der Waals surface area contributed by atoms with Crippen LogP contribution in [0.1, 0.15) is 4.88 Å². The smallest absolute Gasteiger partial charge is 0.122 e. The van der Waals surface area contributed by atoms with Crippen molar-refractivity contribution in [2.75, 3.05) is 0 Å². The highest BCUT2D eigenvalue weighted by Crippen LogP contribution is 2.24. The van der Waals surface area contributed by atoms with Gasteiger partial charge >= 0.3 is 0 Å². The summed E-state index contributed by atoms with van der Waals surface area (Å²) in [5.74, 6) is 0. The molecule has 4 heteroatoms. The van der Waals surface area contributed by atoms with E-state index in [4.69, 9.17) is 0 Å². The summed E-state index contributed by atoms with van der Waals surface area (Å²) in [6.45, 7) is 2.08. The summed E-state index contributed by atoms with van der Waals surface area (Å²) in [6, 6.07) is 4.13. The molecular weight excluding hydrogens is 158 g/mol. The van der Waals surface area contributed by atoms with Crippen molar-refractivity contribution in [1.29, 1.82) is 0 Å². The Morgan fingerprint density at radius 1 is 1.45 bits per heavy atom. The molecule has 2 rings (SSSR count). The van der Waals surface area contributed by atoms with Crippen molar-refractivity contribution >= 4 is 11.3 Å². The van der Waals surface area contributed by atoms with Gasteiger partial charge in [0.15, 0.2) is 0 Å². The third-order valence-electron chi connectivity index (χ3n) is 1.41. The molecule has 0 aromatic carbocycles. The second kappa shape index (κ2) is 2.47. The van der Waals surface area contributed by atoms with Gasteiger partial charge in [-0.25, -0.2) is 0 Å². The molecule has 0 aliphatic carbocycles. The standard InChI is InChI=1S/C7H7N3S/c1-5-2-3-7(11-5)6-4-8-10-9-6/h2-4H,1H3,(H,8,9,10). The van der Waals surface area contributed by atoms with Crippen LogP contribution in [0.3, 0.4) is 0 Å². The zero-order valence-corrected chi connectivity index (χ0v) is 6.85. The average Bonchev–Trinajstić information content (AvgIpc) is 2.55. The number of nitrogens with zero attached hydrogens (tertiary/aromatic N) is 2. The van der Waals surface area contributed by atoms with Crippen molar-refractivity contribution in [2.24, 2.45) is 0 Å². The second-order valence-corrected chi connectivity index (χ2v) is 3.55. The van der Waals surface area contributed by atoms with E-state index < -0.39 is 0 Å². The van der Waals surface area contributed by atoms with Gasteiger partial charge in [-0.15, -0.1) is 11.3 Å². The minimum absolute atomic E-state index is 0.920. The van der Waals surface area contributed by atoms with Crippen LogP contribution >= 0.6 is 11.3 Å². The molecule has 0 unspecified atom stereocenters. The molecule has 0 amide bonds. The van der Waals surface area contributed by atoms with Crippen LogP contribution in [0.4, 0.5) is 0 Å². The van der Waals surface area contributed by atoms with E-state index in [9.17, 15) is 0 Å². The van der Waals surface area contributed by atoms with E-state index in [0.29, 0.717) is 0 Å². The van der Waals surface area contributed by atoms with Crippen molar-refractivity contribution < 1.29 is 0 Å². The zero-order chi connectivity index (χ0) is 7.68. The highest BCUT2D eigenvalue weighted by molar-refractivity contribution is 7.15. The van der Waals surface area contributed by atoms with Gasteiger partial charge < -0.3 is 0 Å². The van der Waals surface area contributed by atoms with Crippen LogP contribution < -0.4 is 0 Å². The van der Waals surface area contributed by atoms with Gasteiger partial charge in [0.05, 0.1) is 11.1 Å². The predicted octanol–water partition coefficient (Wildman–Crippen LogP) is 1.84. The lowest BCUT2D eigenvalue weighted by molar-refractivity contribution is 0.942. The van der Waals surface area contributed by atoms with E-state index in [1.165, 1.54) is 4.88 Å². The molecule has 2 aromatic heterocycles. The molecule has 0 aliphatic rings. The van der Waals surface area contributed by atoms with Crippen LogP contribution in [0.15, 0.2) is 18.3 Å². The molecule has 0 saturated carbocycles. The fourth-order valence-corrected chi connectivity index (χ4v) is 1.71. The third kappa shape index (κ3) is 1.17. The fourth-order valence-electron chi connectivity index (χ4n) is 0.893. The molecule has 0 spiro atoms. The molecule has 1 N–H and O–H groups in total. The van der Waals surface area contributed by atoms with Crippen LogP contribution in [0, 0.1) is 6.92 Å². The van der Waals surface area contributed by atoms with Crippen molar-refractivity contribution in [2.45, 2.75) is 6.92 Å². The summed E-state index contributed by atoms with van der Waals surface area (Å²) >= 11 is 1.72. The highest BCUT2D eigenvalue weighted by atomic mass is 32.1. The monoisotopic (exact) mass is 165 g/mol. The van der Waals surface area contributed by atoms with Gasteiger partial charge in [-0.1, -0.05) is 0 Å². The van der Waals surface area contributed by atoms with Crippen molar-refractivity contribution in [1.82, 2.24) is 15.4 Å². The molecule has 56 valence electrons. The Labute approximate surface area is 68.1 Å². The summed E-state index contributed by atoms with van der Waals surface area (Å²) in [7, 11) is 0. The Bertz CT molecular complexity index is 336. The first-order chi connectivity index (χ1) is 5.36. The maximum atomic E-state index is 3.97. The van der Waals surface area contributed by atoms with Crippen LogP contribution in [0.2, 0.25) is 0 Å². The normalized spacial score (nSPS) is 10.3. The van der Waals surface area contributed by atoms with E-state index in [1.807, 2.05) is 0 Å². The summed E-state index contributed by atoms with van der Waals surface area (Å²) < 4.78 is 0. The Morgan fingerprint density at radius 2 is 2.36 bits per heavy atom. The molecule has 3 nitrogen and oxygen atoms in total. The molecule has 11 heavy (non-hydrogen) atoms. The molecule has 0 fully saturated rings. The predicted molar refractivity (Wildman–Crippen MR) is 44.4 cm³/mol. The zero-order valence-electron chi connectivity index (χ0n) is 6.03. The van der Waals surface area contributed by atoms with Crippen LogP contribution in [0.5, 0.6) is 0 Å². The van der Waals surface area contributed by atoms with Crippen LogP contribution in [0.25, 0.3) is 10.6 Å². The van der Waals surface area contributed by atoms with Gasteiger partial charge in [-0.05, 0) is 19.1 Å². The largest absolute Gasteiger partial charge is 0.197 e. The number of rotatable bonds is 1. The number of nitrogens with one attached hydrogen (secondary N) is 1. The topological polar surface area (TPSA) is 41.6 Å². The maximum Gasteiger partial charge on any atom is 0.122 e. The third-order valence-corrected chi connectivity index (χ3v) is 2.43. The maximum absolute atomic E-state index is 3.97. The van der Waals surface area contributed by atoms with Gasteiger partial charge in [0.1, 0.15) is 5.69 Å². The first kappa shape index (κ1) is 6.54. The lowest BCUT2D eigenvalue weighted by atomic mass is 10.4. The Morgan fingerprint density at radius 3 is 2.91 bits per heavy atom. The highest BCUT2D eigenvalue weighted by Gasteiger charge is 2.01. The Hall–Kier alpha value is -1.16. The fraction of sp³-hybridized carbons (Fsp3) is 0.143. The molecule has 2 heterocycles. The minimum Gasteiger partial charge on any atom is -0.197 e. The summed E-state index contributed by atoms with van der Waals surface area (Å²) in [5.41, 5.74) is 0.920. The molecule has 0 saturated heterocycles. The molecular formula is C7H7N3S. The van der Waals surface area contributed by atoms with Crippen molar-refractivity contribution in [3.8, 4) is 10.6 Å². The molecule has 0 aliphatic heterocycles. The number of hydrogen-bond acceptors (Lipinski definition) is 3. The van der Waals surface area contributed by atoms with Gasteiger partial charge in [0.25, 0.3) is 0 Å². The lowest BCUT2D eigenvalue weighted by Gasteiger charge is -1.83. The number of hydrogen-bond donors (Lipinski definition) is 1. The van der Waals surface area contributed by atoms with E-state index in [1.54, 1.807) is 17.5 Å². The number of aryl methyl sites for hydroxylation is 1. The summed E-state index contributed by atoms with van der Waals surface area (Å²) in [4.78, 5) is 2.46. The molecule has 0 atom stereocenters. The van der Waals surface area contributed by atoms with Crippen molar-refractivity contribution in [3.63, 3.8) is 0 Å². The quantitative estimate of drug-likeness (QED) is 0.700.